The van der Waals surface area contributed by atoms with E-state index in [0.29, 0.717) is 25.7 Å². The van der Waals surface area contributed by atoms with Gasteiger partial charge in [-0.25, -0.2) is 0 Å². The van der Waals surface area contributed by atoms with Crippen molar-refractivity contribution in [2.45, 2.75) is 46.1 Å². The van der Waals surface area contributed by atoms with E-state index >= 15 is 0 Å². The van der Waals surface area contributed by atoms with E-state index in [9.17, 15) is 4.79 Å². The van der Waals surface area contributed by atoms with Crippen LogP contribution in [-0.4, -0.2) is 49.8 Å². The summed E-state index contributed by atoms with van der Waals surface area (Å²) >= 11 is 0. The molecule has 2 aliphatic heterocycles. The van der Waals surface area contributed by atoms with Gasteiger partial charge in [-0.2, -0.15) is 0 Å². The molecule has 110 valence electrons. The van der Waals surface area contributed by atoms with Crippen molar-refractivity contribution in [1.82, 2.24) is 4.90 Å². The molecule has 0 aromatic carbocycles. The normalized spacial score (nSPS) is 24.8. The SMILES string of the molecule is CC(C)[C@H](C(=O)OCC1(C)COC1)N1CCCCC1. The lowest BCUT2D eigenvalue weighted by molar-refractivity contribution is -0.172. The summed E-state index contributed by atoms with van der Waals surface area (Å²) in [6.07, 6.45) is 3.68. The lowest BCUT2D eigenvalue weighted by Crippen LogP contribution is -2.50. The molecular formula is C15H27NO3. The van der Waals surface area contributed by atoms with Crippen LogP contribution in [0.1, 0.15) is 40.0 Å². The second kappa shape index (κ2) is 6.23. The Balaban J connectivity index is 1.88. The molecule has 0 radical (unpaired) electrons. The zero-order chi connectivity index (χ0) is 13.9. The highest BCUT2D eigenvalue weighted by Crippen LogP contribution is 2.27. The molecule has 0 unspecified atom stereocenters. The monoisotopic (exact) mass is 269 g/mol. The van der Waals surface area contributed by atoms with Gasteiger partial charge >= 0.3 is 5.97 Å². The summed E-state index contributed by atoms with van der Waals surface area (Å²) in [5, 5.41) is 0. The van der Waals surface area contributed by atoms with Gasteiger partial charge in [0.2, 0.25) is 0 Å². The quantitative estimate of drug-likeness (QED) is 0.716. The second-order valence-corrected chi connectivity index (χ2v) is 6.70. The predicted octanol–water partition coefficient (Wildman–Crippen LogP) is 2.08. The fraction of sp³-hybridized carbons (Fsp3) is 0.933. The zero-order valence-electron chi connectivity index (χ0n) is 12.5. The molecule has 0 aliphatic carbocycles. The summed E-state index contributed by atoms with van der Waals surface area (Å²) in [7, 11) is 0. The van der Waals surface area contributed by atoms with Crippen molar-refractivity contribution in [3.05, 3.63) is 0 Å². The molecule has 19 heavy (non-hydrogen) atoms. The van der Waals surface area contributed by atoms with Crippen molar-refractivity contribution in [2.75, 3.05) is 32.9 Å². The zero-order valence-corrected chi connectivity index (χ0v) is 12.5. The third kappa shape index (κ3) is 3.69. The Morgan fingerprint density at radius 2 is 1.89 bits per heavy atom. The van der Waals surface area contributed by atoms with Crippen molar-refractivity contribution >= 4 is 5.97 Å². The first-order chi connectivity index (χ1) is 9.02. The average molecular weight is 269 g/mol. The van der Waals surface area contributed by atoms with Crippen LogP contribution in [0.2, 0.25) is 0 Å². The van der Waals surface area contributed by atoms with Gasteiger partial charge in [-0.05, 0) is 31.8 Å². The Hall–Kier alpha value is -0.610. The Labute approximate surface area is 116 Å². The van der Waals surface area contributed by atoms with E-state index < -0.39 is 0 Å². The van der Waals surface area contributed by atoms with Crippen LogP contribution in [0.15, 0.2) is 0 Å². The molecule has 4 heteroatoms. The van der Waals surface area contributed by atoms with Crippen molar-refractivity contribution in [1.29, 1.82) is 0 Å². The van der Waals surface area contributed by atoms with Crippen LogP contribution in [0.3, 0.4) is 0 Å². The Morgan fingerprint density at radius 3 is 2.37 bits per heavy atom. The minimum absolute atomic E-state index is 0.0408. The fourth-order valence-electron chi connectivity index (χ4n) is 2.90. The smallest absolute Gasteiger partial charge is 0.323 e. The lowest BCUT2D eigenvalue weighted by atomic mass is 9.90. The summed E-state index contributed by atoms with van der Waals surface area (Å²) in [5.41, 5.74) is 0.0408. The molecule has 2 heterocycles. The van der Waals surface area contributed by atoms with Gasteiger partial charge in [0.1, 0.15) is 12.6 Å². The van der Waals surface area contributed by atoms with E-state index in [4.69, 9.17) is 9.47 Å². The van der Waals surface area contributed by atoms with E-state index in [1.54, 1.807) is 0 Å². The largest absolute Gasteiger partial charge is 0.464 e. The molecule has 2 fully saturated rings. The molecule has 0 spiro atoms. The molecule has 0 amide bonds. The first-order valence-corrected chi connectivity index (χ1v) is 7.50. The number of likely N-dealkylation sites (tertiary alicyclic amines) is 1. The number of nitrogens with zero attached hydrogens (tertiary/aromatic N) is 1. The van der Waals surface area contributed by atoms with Gasteiger partial charge < -0.3 is 9.47 Å². The number of rotatable bonds is 5. The molecule has 0 bridgehead atoms. The Morgan fingerprint density at radius 1 is 1.26 bits per heavy atom. The van der Waals surface area contributed by atoms with E-state index in [-0.39, 0.29) is 17.4 Å². The molecule has 2 saturated heterocycles. The average Bonchev–Trinajstić information content (AvgIpc) is 2.35. The number of esters is 1. The predicted molar refractivity (Wildman–Crippen MR) is 73.9 cm³/mol. The number of carbonyl (C=O) groups excluding carboxylic acids is 1. The summed E-state index contributed by atoms with van der Waals surface area (Å²) < 4.78 is 10.8. The van der Waals surface area contributed by atoms with Gasteiger partial charge in [0.25, 0.3) is 0 Å². The standard InChI is InChI=1S/C15H27NO3/c1-12(2)13(16-7-5-4-6-8-16)14(17)19-11-15(3)9-18-10-15/h12-13H,4-11H2,1-3H3/t13-/m1/s1. The first kappa shape index (κ1) is 14.8. The maximum atomic E-state index is 12.4. The lowest BCUT2D eigenvalue weighted by Gasteiger charge is -2.39. The summed E-state index contributed by atoms with van der Waals surface area (Å²) in [5.74, 6) is 0.251. The van der Waals surface area contributed by atoms with Crippen molar-refractivity contribution < 1.29 is 14.3 Å². The second-order valence-electron chi connectivity index (χ2n) is 6.70. The van der Waals surface area contributed by atoms with Gasteiger partial charge in [-0.15, -0.1) is 0 Å². The van der Waals surface area contributed by atoms with Gasteiger partial charge in [-0.1, -0.05) is 27.2 Å². The molecule has 4 nitrogen and oxygen atoms in total. The third-order valence-electron chi connectivity index (χ3n) is 4.12. The van der Waals surface area contributed by atoms with Gasteiger partial charge in [0.05, 0.1) is 13.2 Å². The molecular weight excluding hydrogens is 242 g/mol. The summed E-state index contributed by atoms with van der Waals surface area (Å²) in [4.78, 5) is 14.7. The number of hydrogen-bond donors (Lipinski definition) is 0. The fourth-order valence-corrected chi connectivity index (χ4v) is 2.90. The molecule has 2 aliphatic rings. The maximum absolute atomic E-state index is 12.4. The highest BCUT2D eigenvalue weighted by molar-refractivity contribution is 5.76. The minimum Gasteiger partial charge on any atom is -0.464 e. The van der Waals surface area contributed by atoms with Crippen molar-refractivity contribution in [3.8, 4) is 0 Å². The minimum atomic E-state index is -0.0788. The Kier molecular flexibility index (Phi) is 4.85. The van der Waals surface area contributed by atoms with Gasteiger partial charge in [-0.3, -0.25) is 9.69 Å². The van der Waals surface area contributed by atoms with Crippen LogP contribution in [0.5, 0.6) is 0 Å². The first-order valence-electron chi connectivity index (χ1n) is 7.50. The van der Waals surface area contributed by atoms with Gasteiger partial charge in [0, 0.05) is 5.41 Å². The topological polar surface area (TPSA) is 38.8 Å². The number of carbonyl (C=O) groups is 1. The third-order valence-corrected chi connectivity index (χ3v) is 4.12. The molecule has 2 rings (SSSR count). The number of piperidine rings is 1. The van der Waals surface area contributed by atoms with E-state index in [2.05, 4.69) is 25.7 Å². The van der Waals surface area contributed by atoms with Crippen LogP contribution < -0.4 is 0 Å². The van der Waals surface area contributed by atoms with Crippen LogP contribution in [0.25, 0.3) is 0 Å². The molecule has 0 saturated carbocycles. The van der Waals surface area contributed by atoms with Crippen molar-refractivity contribution in [2.24, 2.45) is 11.3 Å². The maximum Gasteiger partial charge on any atom is 0.323 e. The van der Waals surface area contributed by atoms with Crippen LogP contribution >= 0.6 is 0 Å². The highest BCUT2D eigenvalue weighted by atomic mass is 16.5. The molecule has 1 atom stereocenters. The van der Waals surface area contributed by atoms with Crippen LogP contribution in [0.4, 0.5) is 0 Å². The summed E-state index contributed by atoms with van der Waals surface area (Å²) in [6, 6.07) is -0.0788. The summed E-state index contributed by atoms with van der Waals surface area (Å²) in [6.45, 7) is 10.3. The molecule has 0 aromatic rings. The number of ether oxygens (including phenoxy) is 2. The van der Waals surface area contributed by atoms with Gasteiger partial charge in [0.15, 0.2) is 0 Å². The van der Waals surface area contributed by atoms with E-state index in [1.807, 2.05) is 0 Å². The highest BCUT2D eigenvalue weighted by Gasteiger charge is 2.37. The van der Waals surface area contributed by atoms with E-state index in [1.165, 1.54) is 19.3 Å². The Bertz CT molecular complexity index is 307. The molecule has 0 aromatic heterocycles. The van der Waals surface area contributed by atoms with Crippen LogP contribution in [0, 0.1) is 11.3 Å². The van der Waals surface area contributed by atoms with Crippen molar-refractivity contribution in [3.63, 3.8) is 0 Å². The van der Waals surface area contributed by atoms with E-state index in [0.717, 1.165) is 13.1 Å². The van der Waals surface area contributed by atoms with Crippen LogP contribution in [-0.2, 0) is 14.3 Å². The molecule has 0 N–H and O–H groups in total. The number of hydrogen-bond acceptors (Lipinski definition) is 4.